The molecule has 4 aromatic carbocycles. The first-order valence-electron chi connectivity index (χ1n) is 12.2. The Hall–Kier alpha value is -4.60. The number of aryl methyl sites for hydroxylation is 2. The fraction of sp³-hybridized carbons (Fsp3) is 0.103. The molecule has 4 rings (SSSR count). The lowest BCUT2D eigenvalue weighted by atomic mass is 9.81. The van der Waals surface area contributed by atoms with Crippen molar-refractivity contribution in [2.45, 2.75) is 20.0 Å². The second kappa shape index (κ2) is 18.3. The Balaban J connectivity index is 0.000000352. The molecule has 232 valence electrons. The first-order valence-corrected chi connectivity index (χ1v) is 13.0. The maximum atomic E-state index is 13.6. The van der Waals surface area contributed by atoms with Crippen LogP contribution in [0.3, 0.4) is 0 Å². The number of nitriles is 1. The highest BCUT2D eigenvalue weighted by atomic mass is 35.5. The van der Waals surface area contributed by atoms with E-state index in [9.17, 15) is 26.7 Å². The molecule has 0 heterocycles. The van der Waals surface area contributed by atoms with Crippen LogP contribution in [0.5, 0.6) is 11.5 Å². The smallest absolute Gasteiger partial charge is 0.417 e. The number of hydrogen-bond donors (Lipinski definition) is 4. The maximum absolute atomic E-state index is 13.6. The number of phenols is 1. The molecule has 0 bridgehead atoms. The lowest BCUT2D eigenvalue weighted by Crippen LogP contribution is -2.20. The van der Waals surface area contributed by atoms with Crippen molar-refractivity contribution in [1.29, 1.82) is 5.26 Å². The summed E-state index contributed by atoms with van der Waals surface area (Å²) in [5.74, 6) is -1.35. The summed E-state index contributed by atoms with van der Waals surface area (Å²) in [5.41, 5.74) is 6.51. The molecule has 0 fully saturated rings. The minimum Gasteiger partial charge on any atom is -0.508 e. The summed E-state index contributed by atoms with van der Waals surface area (Å²) in [5, 5.41) is 22.0. The van der Waals surface area contributed by atoms with Crippen molar-refractivity contribution in [3.8, 4) is 17.8 Å². The third-order valence-corrected chi connectivity index (χ3v) is 5.93. The van der Waals surface area contributed by atoms with Gasteiger partial charge in [-0.1, -0.05) is 29.3 Å². The Kier molecular flexibility index (Phi) is 15.6. The minimum absolute atomic E-state index is 0.0489. The molecule has 0 atom stereocenters. The second-order valence-electron chi connectivity index (χ2n) is 8.56. The van der Waals surface area contributed by atoms with E-state index in [-0.39, 0.29) is 22.9 Å². The van der Waals surface area contributed by atoms with Gasteiger partial charge in [-0.05, 0) is 85.6 Å². The zero-order valence-corrected chi connectivity index (χ0v) is 25.0. The molecule has 16 heteroatoms. The maximum Gasteiger partial charge on any atom is 0.417 e. The van der Waals surface area contributed by atoms with Crippen LogP contribution in [0, 0.1) is 37.0 Å². The van der Waals surface area contributed by atoms with Crippen LogP contribution in [-0.4, -0.2) is 26.6 Å². The predicted molar refractivity (Wildman–Crippen MR) is 167 cm³/mol. The Bertz CT molecular complexity index is 1640. The number of rotatable bonds is 3. The van der Waals surface area contributed by atoms with Gasteiger partial charge in [0.2, 0.25) is 0 Å². The Morgan fingerprint density at radius 3 is 2.09 bits per heavy atom. The number of alkyl halides is 3. The zero-order valence-electron chi connectivity index (χ0n) is 23.5. The number of anilines is 3. The third-order valence-electron chi connectivity index (χ3n) is 5.18. The molecule has 7 nitrogen and oxygen atoms in total. The number of aromatic hydroxyl groups is 1. The van der Waals surface area contributed by atoms with E-state index in [0.29, 0.717) is 16.8 Å². The van der Waals surface area contributed by atoms with Gasteiger partial charge in [0.1, 0.15) is 23.1 Å². The number of urea groups is 1. The number of carbonyl (C=O) groups is 1. The largest absolute Gasteiger partial charge is 0.508 e. The van der Waals surface area contributed by atoms with E-state index in [4.69, 9.17) is 39.3 Å². The number of nitrogens with zero attached hydrogens (tertiary/aromatic N) is 1. The van der Waals surface area contributed by atoms with Crippen molar-refractivity contribution in [2.75, 3.05) is 16.4 Å². The van der Waals surface area contributed by atoms with Crippen molar-refractivity contribution >= 4 is 61.8 Å². The number of ether oxygens (including phenoxy) is 1. The molecule has 45 heavy (non-hydrogen) atoms. The number of halogens is 7. The molecule has 0 aliphatic carbocycles. The van der Waals surface area contributed by atoms with Gasteiger partial charge < -0.3 is 26.2 Å². The lowest BCUT2D eigenvalue weighted by molar-refractivity contribution is -0.137. The van der Waals surface area contributed by atoms with Gasteiger partial charge in [0.15, 0.2) is 0 Å². The fourth-order valence-corrected chi connectivity index (χ4v) is 3.42. The van der Waals surface area contributed by atoms with Gasteiger partial charge in [0.05, 0.1) is 22.0 Å². The van der Waals surface area contributed by atoms with E-state index in [1.807, 2.05) is 6.92 Å². The van der Waals surface area contributed by atoms with E-state index in [1.54, 1.807) is 31.2 Å². The number of benzene rings is 4. The molecular formula is C29H23B2Cl2F5N4O3. The van der Waals surface area contributed by atoms with Gasteiger partial charge in [-0.15, -0.1) is 5.26 Å². The highest BCUT2D eigenvalue weighted by molar-refractivity contribution is 6.75. The molecule has 0 unspecified atom stereocenters. The lowest BCUT2D eigenvalue weighted by Gasteiger charge is -2.09. The second-order valence-corrected chi connectivity index (χ2v) is 9.38. The Labute approximate surface area is 268 Å². The van der Waals surface area contributed by atoms with E-state index in [1.165, 1.54) is 36.6 Å². The predicted octanol–water partition coefficient (Wildman–Crippen LogP) is 8.31. The minimum atomic E-state index is -4.55. The Morgan fingerprint density at radius 1 is 0.911 bits per heavy atom. The number of carbonyl (C=O) groups excluding carboxylic acids is 1. The van der Waals surface area contributed by atoms with Crippen LogP contribution in [-0.2, 0) is 6.18 Å². The summed E-state index contributed by atoms with van der Waals surface area (Å²) in [6.07, 6.45) is -3.28. The first kappa shape index (κ1) is 38.4. The molecule has 0 aliphatic rings. The molecule has 0 aliphatic heterocycles. The SMILES string of the molecule is Cc1ccc(NC(=O)Nc2ccc(Cl)c(C)c2)c(F)c1.N#COc1ccc(Cl)c(C(F)(F)F)c1.Nc1ccc(O)cc1F.[B][B]. The van der Waals surface area contributed by atoms with E-state index < -0.39 is 34.4 Å². The monoisotopic (exact) mass is 662 g/mol. The quantitative estimate of drug-likeness (QED) is 0.0578. The molecule has 4 aromatic rings. The molecule has 0 saturated heterocycles. The normalized spacial score (nSPS) is 9.87. The van der Waals surface area contributed by atoms with Gasteiger partial charge in [-0.25, -0.2) is 13.6 Å². The van der Waals surface area contributed by atoms with Crippen LogP contribution in [0.2, 0.25) is 10.0 Å². The number of phenolic OH excluding ortho intramolecular Hbond substituents is 1. The van der Waals surface area contributed by atoms with Crippen molar-refractivity contribution in [3.05, 3.63) is 111 Å². The molecule has 2 amide bonds. The number of nitrogen functional groups attached to an aromatic ring is 1. The van der Waals surface area contributed by atoms with Crippen LogP contribution in [0.25, 0.3) is 0 Å². The number of nitrogens with one attached hydrogen (secondary N) is 2. The third kappa shape index (κ3) is 13.3. The summed E-state index contributed by atoms with van der Waals surface area (Å²) in [6, 6.07) is 15.7. The highest BCUT2D eigenvalue weighted by Crippen LogP contribution is 2.36. The summed E-state index contributed by atoms with van der Waals surface area (Å²) < 4.78 is 66.9. The molecule has 4 radical (unpaired) electrons. The first-order chi connectivity index (χ1) is 21.1. The number of hydrogen-bond acceptors (Lipinski definition) is 5. The van der Waals surface area contributed by atoms with Gasteiger partial charge in [-0.2, -0.15) is 13.2 Å². The topological polar surface area (TPSA) is 120 Å². The van der Waals surface area contributed by atoms with Crippen LogP contribution in [0.15, 0.2) is 72.8 Å². The van der Waals surface area contributed by atoms with E-state index in [0.717, 1.165) is 23.3 Å². The fourth-order valence-electron chi connectivity index (χ4n) is 3.08. The number of amides is 2. The molecule has 0 saturated carbocycles. The van der Waals surface area contributed by atoms with Crippen LogP contribution in [0.1, 0.15) is 16.7 Å². The van der Waals surface area contributed by atoms with E-state index in [2.05, 4.69) is 30.8 Å². The van der Waals surface area contributed by atoms with E-state index >= 15 is 0 Å². The average Bonchev–Trinajstić information content (AvgIpc) is 2.97. The van der Waals surface area contributed by atoms with Crippen molar-refractivity contribution < 1.29 is 36.6 Å². The zero-order chi connectivity index (χ0) is 34.3. The average molecular weight is 663 g/mol. The van der Waals surface area contributed by atoms with Gasteiger partial charge in [-0.3, -0.25) is 0 Å². The Morgan fingerprint density at radius 2 is 1.56 bits per heavy atom. The summed E-state index contributed by atoms with van der Waals surface area (Å²) in [6.45, 7) is 3.62. The van der Waals surface area contributed by atoms with Crippen LogP contribution < -0.4 is 21.1 Å². The molecule has 5 N–H and O–H groups in total. The highest BCUT2D eigenvalue weighted by Gasteiger charge is 2.33. The van der Waals surface area contributed by atoms with Crippen molar-refractivity contribution in [2.24, 2.45) is 0 Å². The summed E-state index contributed by atoms with van der Waals surface area (Å²) in [7, 11) is 8.00. The van der Waals surface area contributed by atoms with Crippen LogP contribution >= 0.6 is 23.2 Å². The van der Waals surface area contributed by atoms with Gasteiger partial charge in [0, 0.05) is 32.3 Å². The van der Waals surface area contributed by atoms with Crippen LogP contribution in [0.4, 0.5) is 43.8 Å². The van der Waals surface area contributed by atoms with Crippen molar-refractivity contribution in [3.63, 3.8) is 0 Å². The molecule has 0 spiro atoms. The summed E-state index contributed by atoms with van der Waals surface area (Å²) in [4.78, 5) is 11.8. The standard InChI is InChI=1S/C15H14ClFN2O.C8H3ClF3NO.C6H6FNO.B2/c1-9-3-6-14(13(17)7-9)19-15(20)18-11-4-5-12(16)10(2)8-11;9-7-2-1-5(14-4-13)3-6(7)8(10,11)12;7-5-3-4(9)1-2-6(5)8;1-2/h3-8H,1-2H3,(H2,18,19,20);1-3H;1-3,9H,8H2;. The number of nitrogens with two attached hydrogens (primary N) is 1. The molecular weight excluding hydrogens is 640 g/mol. The molecule has 0 aromatic heterocycles. The van der Waals surface area contributed by atoms with Gasteiger partial charge in [0.25, 0.3) is 6.26 Å². The summed E-state index contributed by atoms with van der Waals surface area (Å²) >= 11 is 11.2. The van der Waals surface area contributed by atoms with Gasteiger partial charge >= 0.3 is 12.2 Å². The van der Waals surface area contributed by atoms with Crippen molar-refractivity contribution in [1.82, 2.24) is 0 Å².